The van der Waals surface area contributed by atoms with Crippen molar-refractivity contribution in [2.24, 2.45) is 5.92 Å². The Morgan fingerprint density at radius 3 is 1.96 bits per heavy atom. The highest BCUT2D eigenvalue weighted by molar-refractivity contribution is 6.12. The van der Waals surface area contributed by atoms with Crippen LogP contribution >= 0.6 is 0 Å². The number of furan rings is 1. The van der Waals surface area contributed by atoms with Crippen LogP contribution in [0.4, 0.5) is 17.1 Å². The lowest BCUT2D eigenvalue weighted by Crippen LogP contribution is -2.19. The molecule has 2 nitrogen and oxygen atoms in total. The largest absolute Gasteiger partial charge is 0.454 e. The van der Waals surface area contributed by atoms with Gasteiger partial charge in [-0.25, -0.2) is 0 Å². The monoisotopic (exact) mass is 695 g/mol. The van der Waals surface area contributed by atoms with Crippen molar-refractivity contribution in [3.63, 3.8) is 0 Å². The van der Waals surface area contributed by atoms with Crippen LogP contribution in [0.2, 0.25) is 0 Å². The lowest BCUT2D eigenvalue weighted by atomic mass is 9.78. The first-order chi connectivity index (χ1) is 25.0. The molecule has 0 saturated heterocycles. The van der Waals surface area contributed by atoms with Gasteiger partial charge < -0.3 is 9.32 Å². The maximum atomic E-state index is 6.94. The number of allylic oxidation sites excluding steroid dienone is 4. The highest BCUT2D eigenvalue weighted by Crippen LogP contribution is 2.55. The summed E-state index contributed by atoms with van der Waals surface area (Å²) in [6.07, 6.45) is 5.85. The molecule has 53 heavy (non-hydrogen) atoms. The van der Waals surface area contributed by atoms with Gasteiger partial charge in [-0.05, 0) is 115 Å². The Hall–Kier alpha value is -4.82. The predicted molar refractivity (Wildman–Crippen MR) is 226 cm³/mol. The van der Waals surface area contributed by atoms with Crippen LogP contribution in [0.3, 0.4) is 0 Å². The van der Waals surface area contributed by atoms with Crippen LogP contribution in [0.15, 0.2) is 113 Å². The number of anilines is 3. The minimum atomic E-state index is -0.149. The fourth-order valence-corrected chi connectivity index (χ4v) is 9.76. The Labute approximate surface area is 316 Å². The van der Waals surface area contributed by atoms with Gasteiger partial charge in [0, 0.05) is 33.0 Å². The summed E-state index contributed by atoms with van der Waals surface area (Å²) in [5, 5.41) is 2.37. The molecule has 1 atom stereocenters. The van der Waals surface area contributed by atoms with Gasteiger partial charge in [0.1, 0.15) is 5.58 Å². The smallest absolute Gasteiger partial charge is 0.159 e. The number of para-hydroxylation sites is 1. The van der Waals surface area contributed by atoms with Crippen molar-refractivity contribution in [3.05, 3.63) is 142 Å². The zero-order valence-corrected chi connectivity index (χ0v) is 33.5. The average molecular weight is 696 g/mol. The van der Waals surface area contributed by atoms with Gasteiger partial charge in [0.25, 0.3) is 0 Å². The molecule has 3 aliphatic carbocycles. The molecule has 3 aliphatic rings. The minimum Gasteiger partial charge on any atom is -0.454 e. The number of fused-ring (bicyclic) bond motifs is 8. The Morgan fingerprint density at radius 1 is 0.660 bits per heavy atom. The van der Waals surface area contributed by atoms with Crippen molar-refractivity contribution in [1.82, 2.24) is 0 Å². The topological polar surface area (TPSA) is 16.4 Å². The van der Waals surface area contributed by atoms with E-state index in [0.29, 0.717) is 5.92 Å². The van der Waals surface area contributed by atoms with Crippen LogP contribution in [0.1, 0.15) is 116 Å². The van der Waals surface area contributed by atoms with Gasteiger partial charge in [0.15, 0.2) is 5.58 Å². The van der Waals surface area contributed by atoms with E-state index in [-0.39, 0.29) is 21.7 Å². The first kappa shape index (κ1) is 34.0. The summed E-state index contributed by atoms with van der Waals surface area (Å²) in [7, 11) is 0. The highest BCUT2D eigenvalue weighted by atomic mass is 16.3. The fraction of sp³-hybridized carbons (Fsp3) is 0.333. The Balaban J connectivity index is 1.30. The van der Waals surface area contributed by atoms with Crippen LogP contribution in [-0.4, -0.2) is 0 Å². The zero-order chi connectivity index (χ0) is 37.4. The molecule has 0 amide bonds. The first-order valence-corrected chi connectivity index (χ1v) is 19.6. The van der Waals surface area contributed by atoms with Crippen molar-refractivity contribution in [1.29, 1.82) is 0 Å². The van der Waals surface area contributed by atoms with E-state index in [1.807, 2.05) is 0 Å². The summed E-state index contributed by atoms with van der Waals surface area (Å²) in [5.74, 6) is 0.511. The SMILES string of the molecule is CC1CC=CC2=C1c1ccc(N(c3ccc4c(c3)C(C)(C)c3cc(C(C)(C)C)ccc3-4)c3ccc(C(C)(C)C)c4c3oc3ccccc34)cc1C2(C)C. The second-order valence-electron chi connectivity index (χ2n) is 19.1. The molecular formula is C51H53NO. The third-order valence-corrected chi connectivity index (χ3v) is 12.8. The number of nitrogens with zero attached hydrogens (tertiary/aromatic N) is 1. The maximum Gasteiger partial charge on any atom is 0.159 e. The molecule has 0 fully saturated rings. The van der Waals surface area contributed by atoms with Gasteiger partial charge in [0.05, 0.1) is 5.69 Å². The van der Waals surface area contributed by atoms with E-state index < -0.39 is 0 Å². The molecular weight excluding hydrogens is 643 g/mol. The third kappa shape index (κ3) is 4.90. The molecule has 0 N–H and O–H groups in total. The summed E-state index contributed by atoms with van der Waals surface area (Å²) >= 11 is 0. The summed E-state index contributed by atoms with van der Waals surface area (Å²) in [6, 6.07) is 34.7. The second-order valence-corrected chi connectivity index (χ2v) is 19.1. The standard InChI is InChI=1S/C51H53NO/c1-30-15-14-17-39-45(30)36-24-21-33(29-42(36)50(39,8)9)52(43-26-25-38(49(5,6)7)46-37-16-12-13-18-44(37)53-47(43)46)32-20-23-35-34-22-19-31(48(2,3)4)27-40(34)51(10,11)41(35)28-32/h12-14,16-30H,15H2,1-11H3. The van der Waals surface area contributed by atoms with Gasteiger partial charge in [-0.15, -0.1) is 0 Å². The summed E-state index contributed by atoms with van der Waals surface area (Å²) in [4.78, 5) is 2.48. The molecule has 0 bridgehead atoms. The van der Waals surface area contributed by atoms with E-state index >= 15 is 0 Å². The fourth-order valence-electron chi connectivity index (χ4n) is 9.76. The van der Waals surface area contributed by atoms with Crippen LogP contribution in [0.5, 0.6) is 0 Å². The summed E-state index contributed by atoms with van der Waals surface area (Å²) in [5.41, 5.74) is 19.0. The molecule has 1 aromatic heterocycles. The van der Waals surface area contributed by atoms with Gasteiger partial charge in [-0.3, -0.25) is 0 Å². The quantitative estimate of drug-likeness (QED) is 0.183. The molecule has 1 unspecified atom stereocenters. The van der Waals surface area contributed by atoms with Crippen LogP contribution in [0.25, 0.3) is 38.6 Å². The van der Waals surface area contributed by atoms with Crippen LogP contribution in [0, 0.1) is 5.92 Å². The number of benzene rings is 5. The Morgan fingerprint density at radius 2 is 1.28 bits per heavy atom. The van der Waals surface area contributed by atoms with Crippen LogP contribution in [-0.2, 0) is 21.7 Å². The molecule has 2 heteroatoms. The lowest BCUT2D eigenvalue weighted by Gasteiger charge is -2.31. The highest BCUT2D eigenvalue weighted by Gasteiger charge is 2.41. The normalized spacial score (nSPS) is 18.4. The van der Waals surface area contributed by atoms with Gasteiger partial charge in [0.2, 0.25) is 0 Å². The molecule has 9 rings (SSSR count). The van der Waals surface area contributed by atoms with E-state index in [1.54, 1.807) is 0 Å². The molecule has 0 aliphatic heterocycles. The average Bonchev–Trinajstić information content (AvgIpc) is 3.68. The van der Waals surface area contributed by atoms with Gasteiger partial charge >= 0.3 is 0 Å². The summed E-state index contributed by atoms with van der Waals surface area (Å²) < 4.78 is 6.94. The molecule has 1 heterocycles. The van der Waals surface area contributed by atoms with Crippen molar-refractivity contribution < 1.29 is 4.42 Å². The van der Waals surface area contributed by atoms with Crippen molar-refractivity contribution in [2.45, 2.75) is 104 Å². The first-order valence-electron chi connectivity index (χ1n) is 19.6. The molecule has 6 aromatic rings. The third-order valence-electron chi connectivity index (χ3n) is 12.8. The summed E-state index contributed by atoms with van der Waals surface area (Å²) in [6.45, 7) is 25.8. The molecule has 0 spiro atoms. The zero-order valence-electron chi connectivity index (χ0n) is 33.5. The molecule has 5 aromatic carbocycles. The van der Waals surface area contributed by atoms with Crippen molar-refractivity contribution >= 4 is 44.6 Å². The second kappa shape index (κ2) is 11.1. The van der Waals surface area contributed by atoms with E-state index in [0.717, 1.165) is 34.6 Å². The van der Waals surface area contributed by atoms with E-state index in [9.17, 15) is 0 Å². The number of hydrogen-bond acceptors (Lipinski definition) is 2. The minimum absolute atomic E-state index is 0.0594. The molecule has 0 radical (unpaired) electrons. The molecule has 268 valence electrons. The van der Waals surface area contributed by atoms with Gasteiger partial charge in [-0.2, -0.15) is 0 Å². The van der Waals surface area contributed by atoms with Crippen molar-refractivity contribution in [2.75, 3.05) is 4.90 Å². The van der Waals surface area contributed by atoms with E-state index in [2.05, 4.69) is 184 Å². The van der Waals surface area contributed by atoms with E-state index in [4.69, 9.17) is 4.42 Å². The Bertz CT molecular complexity index is 2570. The van der Waals surface area contributed by atoms with Gasteiger partial charge in [-0.1, -0.05) is 143 Å². The molecule has 0 saturated carbocycles. The predicted octanol–water partition coefficient (Wildman–Crippen LogP) is 14.6. The maximum absolute atomic E-state index is 6.94. The number of hydrogen-bond donors (Lipinski definition) is 0. The van der Waals surface area contributed by atoms with Crippen molar-refractivity contribution in [3.8, 4) is 11.1 Å². The Kier molecular flexibility index (Phi) is 7.12. The lowest BCUT2D eigenvalue weighted by molar-refractivity contribution is 0.584. The van der Waals surface area contributed by atoms with E-state index in [1.165, 1.54) is 66.4 Å². The number of rotatable bonds is 3. The van der Waals surface area contributed by atoms with Crippen LogP contribution < -0.4 is 4.90 Å².